The second-order valence-corrected chi connectivity index (χ2v) is 9.02. The highest BCUT2D eigenvalue weighted by Gasteiger charge is 2.33. The van der Waals surface area contributed by atoms with E-state index in [1.165, 1.54) is 22.7 Å². The van der Waals surface area contributed by atoms with Crippen molar-refractivity contribution in [2.75, 3.05) is 11.5 Å². The molecule has 6 nitrogen and oxygen atoms in total. The van der Waals surface area contributed by atoms with E-state index in [1.807, 2.05) is 21.7 Å². The first kappa shape index (κ1) is 18.7. The number of carbonyl (C=O) groups is 1. The Labute approximate surface area is 171 Å². The van der Waals surface area contributed by atoms with Gasteiger partial charge in [0.05, 0.1) is 5.69 Å². The zero-order chi connectivity index (χ0) is 20.0. The molecule has 1 fully saturated rings. The third-order valence-corrected chi connectivity index (χ3v) is 7.22. The third kappa shape index (κ3) is 2.82. The first-order valence-corrected chi connectivity index (χ1v) is 11.0. The molecule has 3 aromatic rings. The standard InChI is InChI=1S/C20H21N5OS2/c1-10-4-3-5-11(2)25(10)20(26)17-16(22)15-14(12-6-7-27-9-12)13(8-21)18(23)24-19(15)28-17/h6-7,9-11H,3-5,22H2,1-2H3,(H2,23,24)/t10-,11-/m1/s1. The van der Waals surface area contributed by atoms with E-state index in [2.05, 4.69) is 24.9 Å². The van der Waals surface area contributed by atoms with E-state index in [1.54, 1.807) is 0 Å². The molecule has 144 valence electrons. The van der Waals surface area contributed by atoms with Crippen LogP contribution in [0.1, 0.15) is 48.3 Å². The number of carbonyl (C=O) groups excluding carboxylic acids is 1. The summed E-state index contributed by atoms with van der Waals surface area (Å²) >= 11 is 2.79. The van der Waals surface area contributed by atoms with E-state index >= 15 is 0 Å². The van der Waals surface area contributed by atoms with Crippen molar-refractivity contribution in [2.45, 2.75) is 45.2 Å². The van der Waals surface area contributed by atoms with Gasteiger partial charge in [-0.2, -0.15) is 16.6 Å². The molecule has 1 saturated heterocycles. The van der Waals surface area contributed by atoms with E-state index in [4.69, 9.17) is 11.5 Å². The minimum absolute atomic E-state index is 0.0615. The molecule has 1 aliphatic rings. The fourth-order valence-electron chi connectivity index (χ4n) is 4.08. The van der Waals surface area contributed by atoms with Crippen LogP contribution in [0.2, 0.25) is 0 Å². The summed E-state index contributed by atoms with van der Waals surface area (Å²) in [6, 6.07) is 4.42. The van der Waals surface area contributed by atoms with Gasteiger partial charge in [-0.15, -0.1) is 11.3 Å². The predicted molar refractivity (Wildman–Crippen MR) is 115 cm³/mol. The van der Waals surface area contributed by atoms with Gasteiger partial charge in [-0.05, 0) is 55.5 Å². The van der Waals surface area contributed by atoms with Crippen LogP contribution in [0.25, 0.3) is 21.3 Å². The molecule has 0 radical (unpaired) electrons. The molecule has 1 aliphatic heterocycles. The summed E-state index contributed by atoms with van der Waals surface area (Å²) in [7, 11) is 0. The Morgan fingerprint density at radius 1 is 1.32 bits per heavy atom. The van der Waals surface area contributed by atoms with Crippen molar-refractivity contribution in [1.82, 2.24) is 9.88 Å². The Balaban J connectivity index is 1.94. The summed E-state index contributed by atoms with van der Waals surface area (Å²) < 4.78 is 0. The van der Waals surface area contributed by atoms with Crippen LogP contribution < -0.4 is 11.5 Å². The van der Waals surface area contributed by atoms with Gasteiger partial charge < -0.3 is 16.4 Å². The summed E-state index contributed by atoms with van der Waals surface area (Å²) in [6.07, 6.45) is 3.11. The molecular formula is C20H21N5OS2. The summed E-state index contributed by atoms with van der Waals surface area (Å²) in [5.74, 6) is 0.102. The zero-order valence-electron chi connectivity index (χ0n) is 15.7. The Morgan fingerprint density at radius 3 is 2.64 bits per heavy atom. The lowest BCUT2D eigenvalue weighted by atomic mass is 9.96. The van der Waals surface area contributed by atoms with Gasteiger partial charge in [0.15, 0.2) is 0 Å². The lowest BCUT2D eigenvalue weighted by Gasteiger charge is -2.38. The van der Waals surface area contributed by atoms with Gasteiger partial charge in [-0.25, -0.2) is 4.98 Å². The molecule has 0 bridgehead atoms. The molecule has 0 unspecified atom stereocenters. The molecule has 0 aliphatic carbocycles. The minimum Gasteiger partial charge on any atom is -0.397 e. The van der Waals surface area contributed by atoms with Crippen LogP contribution in [0.3, 0.4) is 0 Å². The SMILES string of the molecule is C[C@@H]1CCC[C@@H](C)N1C(=O)c1sc2nc(N)c(C#N)c(-c3ccsc3)c2c1N. The van der Waals surface area contributed by atoms with Crippen LogP contribution in [0.4, 0.5) is 11.5 Å². The number of nitrogens with zero attached hydrogens (tertiary/aromatic N) is 3. The molecule has 4 heterocycles. The number of aromatic nitrogens is 1. The Kier molecular flexibility index (Phi) is 4.73. The van der Waals surface area contributed by atoms with Gasteiger partial charge in [0, 0.05) is 23.0 Å². The number of thiophene rings is 2. The van der Waals surface area contributed by atoms with Crippen molar-refractivity contribution in [3.05, 3.63) is 27.3 Å². The number of piperidine rings is 1. The van der Waals surface area contributed by atoms with E-state index in [9.17, 15) is 10.1 Å². The fraction of sp³-hybridized carbons (Fsp3) is 0.350. The number of fused-ring (bicyclic) bond motifs is 1. The largest absolute Gasteiger partial charge is 0.397 e. The smallest absolute Gasteiger partial charge is 0.266 e. The Hall–Kier alpha value is -2.63. The van der Waals surface area contributed by atoms with Crippen LogP contribution in [0, 0.1) is 11.3 Å². The summed E-state index contributed by atoms with van der Waals surface area (Å²) in [5.41, 5.74) is 14.8. The molecule has 0 aromatic carbocycles. The van der Waals surface area contributed by atoms with E-state index in [0.717, 1.165) is 24.8 Å². The van der Waals surface area contributed by atoms with Gasteiger partial charge in [-0.3, -0.25) is 4.79 Å². The summed E-state index contributed by atoms with van der Waals surface area (Å²) in [4.78, 5) is 20.8. The number of hydrogen-bond donors (Lipinski definition) is 2. The number of pyridine rings is 1. The number of nitriles is 1. The molecule has 3 aromatic heterocycles. The Bertz CT molecular complexity index is 1090. The number of nitrogen functional groups attached to an aromatic ring is 2. The molecule has 2 atom stereocenters. The predicted octanol–water partition coefficient (Wildman–Crippen LogP) is 4.46. The van der Waals surface area contributed by atoms with Gasteiger partial charge in [0.1, 0.15) is 27.2 Å². The van der Waals surface area contributed by atoms with Crippen LogP contribution in [0.15, 0.2) is 16.8 Å². The maximum Gasteiger partial charge on any atom is 0.266 e. The quantitative estimate of drug-likeness (QED) is 0.647. The van der Waals surface area contributed by atoms with Crippen molar-refractivity contribution in [1.29, 1.82) is 5.26 Å². The van der Waals surface area contributed by atoms with Crippen molar-refractivity contribution >= 4 is 50.3 Å². The second-order valence-electron chi connectivity index (χ2n) is 7.24. The van der Waals surface area contributed by atoms with Gasteiger partial charge in [-0.1, -0.05) is 0 Å². The average molecular weight is 412 g/mol. The highest BCUT2D eigenvalue weighted by Crippen LogP contribution is 2.44. The van der Waals surface area contributed by atoms with E-state index in [0.29, 0.717) is 31.9 Å². The summed E-state index contributed by atoms with van der Waals surface area (Å²) in [6.45, 7) is 4.16. The van der Waals surface area contributed by atoms with Crippen molar-refractivity contribution in [3.8, 4) is 17.2 Å². The van der Waals surface area contributed by atoms with Gasteiger partial charge in [0.2, 0.25) is 0 Å². The third-order valence-electron chi connectivity index (χ3n) is 5.45. The number of likely N-dealkylation sites (tertiary alicyclic amines) is 1. The first-order valence-electron chi connectivity index (χ1n) is 9.20. The maximum atomic E-state index is 13.4. The van der Waals surface area contributed by atoms with Crippen molar-refractivity contribution in [3.63, 3.8) is 0 Å². The first-order chi connectivity index (χ1) is 13.4. The van der Waals surface area contributed by atoms with Crippen LogP contribution in [-0.2, 0) is 0 Å². The highest BCUT2D eigenvalue weighted by atomic mass is 32.1. The number of amides is 1. The van der Waals surface area contributed by atoms with Gasteiger partial charge in [0.25, 0.3) is 5.91 Å². The molecule has 1 amide bonds. The minimum atomic E-state index is -0.0615. The highest BCUT2D eigenvalue weighted by molar-refractivity contribution is 7.21. The molecule has 28 heavy (non-hydrogen) atoms. The number of rotatable bonds is 2. The average Bonchev–Trinajstić information content (AvgIpc) is 3.29. The molecule has 8 heteroatoms. The Morgan fingerprint density at radius 2 is 2.04 bits per heavy atom. The van der Waals surface area contributed by atoms with Crippen LogP contribution >= 0.6 is 22.7 Å². The van der Waals surface area contributed by atoms with E-state index in [-0.39, 0.29) is 23.8 Å². The number of hydrogen-bond acceptors (Lipinski definition) is 7. The van der Waals surface area contributed by atoms with Gasteiger partial charge >= 0.3 is 0 Å². The molecule has 4 rings (SSSR count). The lowest BCUT2D eigenvalue weighted by Crippen LogP contribution is -2.47. The number of anilines is 2. The van der Waals surface area contributed by atoms with Crippen molar-refractivity contribution < 1.29 is 4.79 Å². The monoisotopic (exact) mass is 411 g/mol. The molecular weight excluding hydrogens is 390 g/mol. The molecule has 4 N–H and O–H groups in total. The van der Waals surface area contributed by atoms with E-state index < -0.39 is 0 Å². The number of nitrogens with two attached hydrogens (primary N) is 2. The molecule has 0 saturated carbocycles. The second kappa shape index (κ2) is 7.08. The normalized spacial score (nSPS) is 19.7. The zero-order valence-corrected chi connectivity index (χ0v) is 17.4. The van der Waals surface area contributed by atoms with Crippen LogP contribution in [0.5, 0.6) is 0 Å². The van der Waals surface area contributed by atoms with Crippen molar-refractivity contribution in [2.24, 2.45) is 0 Å². The fourth-order valence-corrected chi connectivity index (χ4v) is 5.78. The lowest BCUT2D eigenvalue weighted by molar-refractivity contribution is 0.0517. The summed E-state index contributed by atoms with van der Waals surface area (Å²) in [5, 5.41) is 14.2. The van der Waals surface area contributed by atoms with Crippen LogP contribution in [-0.4, -0.2) is 27.9 Å². The topological polar surface area (TPSA) is 109 Å². The maximum absolute atomic E-state index is 13.4. The molecule has 0 spiro atoms.